The third-order valence-corrected chi connectivity index (χ3v) is 3.55. The molecule has 2 rings (SSSR count). The van der Waals surface area contributed by atoms with E-state index in [9.17, 15) is 9.59 Å². The standard InChI is InChI=1S/C19H21NO4/c1-23-17-13-7-6-12-16(17)19(22)20-24-18(21)14-8-5-11-15-9-3-2-4-10-15/h2-4,6-7,9-10,12-13H,5,8,11,14H2,1H3,(H,20,22). The summed E-state index contributed by atoms with van der Waals surface area (Å²) in [5.74, 6) is -0.537. The van der Waals surface area contributed by atoms with Gasteiger partial charge in [0.15, 0.2) is 0 Å². The molecular weight excluding hydrogens is 306 g/mol. The van der Waals surface area contributed by atoms with Crippen molar-refractivity contribution < 1.29 is 19.2 Å². The molecule has 0 heterocycles. The van der Waals surface area contributed by atoms with E-state index in [1.54, 1.807) is 24.3 Å². The number of hydroxylamine groups is 1. The Morgan fingerprint density at radius 2 is 1.67 bits per heavy atom. The molecule has 0 spiro atoms. The van der Waals surface area contributed by atoms with Crippen molar-refractivity contribution in [2.24, 2.45) is 0 Å². The van der Waals surface area contributed by atoms with E-state index in [4.69, 9.17) is 9.57 Å². The molecule has 2 aromatic rings. The van der Waals surface area contributed by atoms with E-state index in [0.29, 0.717) is 17.7 Å². The van der Waals surface area contributed by atoms with Crippen molar-refractivity contribution >= 4 is 11.9 Å². The molecule has 2 aromatic carbocycles. The molecule has 0 atom stereocenters. The maximum atomic E-state index is 12.0. The Morgan fingerprint density at radius 3 is 2.42 bits per heavy atom. The van der Waals surface area contributed by atoms with Crippen molar-refractivity contribution in [2.75, 3.05) is 7.11 Å². The fourth-order valence-corrected chi connectivity index (χ4v) is 2.28. The number of ether oxygens (including phenoxy) is 1. The number of amides is 1. The predicted molar refractivity (Wildman–Crippen MR) is 90.5 cm³/mol. The van der Waals surface area contributed by atoms with Crippen LogP contribution in [0.2, 0.25) is 0 Å². The molecule has 126 valence electrons. The second-order valence-electron chi connectivity index (χ2n) is 5.30. The molecule has 5 nitrogen and oxygen atoms in total. The van der Waals surface area contributed by atoms with Crippen molar-refractivity contribution in [3.8, 4) is 5.75 Å². The normalized spacial score (nSPS) is 10.0. The lowest BCUT2D eigenvalue weighted by Crippen LogP contribution is -2.27. The highest BCUT2D eigenvalue weighted by atomic mass is 16.7. The molecule has 0 aromatic heterocycles. The van der Waals surface area contributed by atoms with Gasteiger partial charge in [0.1, 0.15) is 5.75 Å². The molecule has 0 bridgehead atoms. The maximum Gasteiger partial charge on any atom is 0.332 e. The van der Waals surface area contributed by atoms with Gasteiger partial charge in [-0.25, -0.2) is 4.79 Å². The van der Waals surface area contributed by atoms with Crippen molar-refractivity contribution in [1.82, 2.24) is 5.48 Å². The van der Waals surface area contributed by atoms with Crippen LogP contribution in [0.25, 0.3) is 0 Å². The van der Waals surface area contributed by atoms with Crippen LogP contribution in [0.3, 0.4) is 0 Å². The summed E-state index contributed by atoms with van der Waals surface area (Å²) in [7, 11) is 1.48. The summed E-state index contributed by atoms with van der Waals surface area (Å²) < 4.78 is 5.09. The van der Waals surface area contributed by atoms with Crippen LogP contribution in [0.5, 0.6) is 5.75 Å². The van der Waals surface area contributed by atoms with Crippen molar-refractivity contribution in [3.63, 3.8) is 0 Å². The van der Waals surface area contributed by atoms with Crippen LogP contribution in [0.4, 0.5) is 0 Å². The van der Waals surface area contributed by atoms with Gasteiger partial charge in [-0.2, -0.15) is 5.48 Å². The Balaban J connectivity index is 1.68. The minimum atomic E-state index is -0.509. The lowest BCUT2D eigenvalue weighted by molar-refractivity contribution is -0.149. The fourth-order valence-electron chi connectivity index (χ4n) is 2.28. The van der Waals surface area contributed by atoms with Gasteiger partial charge in [-0.3, -0.25) is 4.79 Å². The van der Waals surface area contributed by atoms with Crippen molar-refractivity contribution in [3.05, 3.63) is 65.7 Å². The lowest BCUT2D eigenvalue weighted by atomic mass is 10.1. The highest BCUT2D eigenvalue weighted by molar-refractivity contribution is 5.96. The second-order valence-corrected chi connectivity index (χ2v) is 5.30. The molecule has 0 aliphatic rings. The zero-order chi connectivity index (χ0) is 17.2. The summed E-state index contributed by atoms with van der Waals surface area (Å²) in [6.45, 7) is 0. The molecule has 0 saturated carbocycles. The first kappa shape index (κ1) is 17.5. The lowest BCUT2D eigenvalue weighted by Gasteiger charge is -2.09. The van der Waals surface area contributed by atoms with Crippen LogP contribution >= 0.6 is 0 Å². The van der Waals surface area contributed by atoms with E-state index in [-0.39, 0.29) is 6.42 Å². The Bertz CT molecular complexity index is 670. The summed E-state index contributed by atoms with van der Waals surface area (Å²) in [6, 6.07) is 16.8. The minimum Gasteiger partial charge on any atom is -0.496 e. The highest BCUT2D eigenvalue weighted by Gasteiger charge is 2.13. The first-order valence-corrected chi connectivity index (χ1v) is 7.87. The Hall–Kier alpha value is -2.82. The van der Waals surface area contributed by atoms with E-state index in [1.165, 1.54) is 12.7 Å². The molecular formula is C19H21NO4. The number of para-hydroxylation sites is 1. The third kappa shape index (κ3) is 5.43. The van der Waals surface area contributed by atoms with Crippen LogP contribution in [-0.4, -0.2) is 19.0 Å². The number of nitrogens with one attached hydrogen (secondary N) is 1. The van der Waals surface area contributed by atoms with E-state index in [0.717, 1.165) is 12.8 Å². The molecule has 0 radical (unpaired) electrons. The van der Waals surface area contributed by atoms with Gasteiger partial charge in [-0.1, -0.05) is 42.5 Å². The zero-order valence-corrected chi connectivity index (χ0v) is 13.7. The van der Waals surface area contributed by atoms with Gasteiger partial charge >= 0.3 is 5.97 Å². The molecule has 1 amide bonds. The summed E-state index contributed by atoms with van der Waals surface area (Å²) in [5.41, 5.74) is 3.73. The third-order valence-electron chi connectivity index (χ3n) is 3.55. The first-order valence-electron chi connectivity index (χ1n) is 7.87. The zero-order valence-electron chi connectivity index (χ0n) is 13.7. The Kier molecular flexibility index (Phi) is 6.83. The number of unbranched alkanes of at least 4 members (excludes halogenated alkanes) is 1. The second kappa shape index (κ2) is 9.35. The van der Waals surface area contributed by atoms with Crippen LogP contribution in [0, 0.1) is 0 Å². The molecule has 1 N–H and O–H groups in total. The number of carbonyl (C=O) groups is 2. The van der Waals surface area contributed by atoms with Gasteiger partial charge in [-0.15, -0.1) is 0 Å². The smallest absolute Gasteiger partial charge is 0.332 e. The number of rotatable bonds is 7. The predicted octanol–water partition coefficient (Wildman–Crippen LogP) is 3.30. The molecule has 24 heavy (non-hydrogen) atoms. The molecule has 0 unspecified atom stereocenters. The quantitative estimate of drug-likeness (QED) is 0.626. The maximum absolute atomic E-state index is 12.0. The molecule has 5 heteroatoms. The monoisotopic (exact) mass is 327 g/mol. The summed E-state index contributed by atoms with van der Waals surface area (Å²) in [6.07, 6.45) is 2.78. The SMILES string of the molecule is COc1ccccc1C(=O)NOC(=O)CCCCc1ccccc1. The molecule has 0 fully saturated rings. The number of hydrogen-bond donors (Lipinski definition) is 1. The number of aryl methyl sites for hydroxylation is 1. The van der Waals surface area contributed by atoms with Gasteiger partial charge in [0.25, 0.3) is 5.91 Å². The van der Waals surface area contributed by atoms with E-state index < -0.39 is 11.9 Å². The van der Waals surface area contributed by atoms with Crippen molar-refractivity contribution in [2.45, 2.75) is 25.7 Å². The topological polar surface area (TPSA) is 64.6 Å². The molecule has 0 aliphatic carbocycles. The average Bonchev–Trinajstić information content (AvgIpc) is 2.64. The molecule has 0 saturated heterocycles. The Morgan fingerprint density at radius 1 is 0.958 bits per heavy atom. The molecule has 0 aliphatic heterocycles. The van der Waals surface area contributed by atoms with Crippen LogP contribution in [-0.2, 0) is 16.1 Å². The number of carbonyl (C=O) groups excluding carboxylic acids is 2. The van der Waals surface area contributed by atoms with Gasteiger partial charge in [-0.05, 0) is 37.0 Å². The summed E-state index contributed by atoms with van der Waals surface area (Å²) >= 11 is 0. The van der Waals surface area contributed by atoms with E-state index >= 15 is 0 Å². The van der Waals surface area contributed by atoms with Gasteiger partial charge in [0.05, 0.1) is 12.7 Å². The van der Waals surface area contributed by atoms with E-state index in [1.807, 2.05) is 18.2 Å². The number of methoxy groups -OCH3 is 1. The van der Waals surface area contributed by atoms with Crippen molar-refractivity contribution in [1.29, 1.82) is 0 Å². The fraction of sp³-hybridized carbons (Fsp3) is 0.263. The van der Waals surface area contributed by atoms with E-state index in [2.05, 4.69) is 17.6 Å². The number of benzene rings is 2. The summed E-state index contributed by atoms with van der Waals surface area (Å²) in [4.78, 5) is 28.5. The van der Waals surface area contributed by atoms with Gasteiger partial charge in [0, 0.05) is 6.42 Å². The average molecular weight is 327 g/mol. The number of hydrogen-bond acceptors (Lipinski definition) is 4. The first-order chi connectivity index (χ1) is 11.7. The summed E-state index contributed by atoms with van der Waals surface area (Å²) in [5, 5.41) is 0. The highest BCUT2D eigenvalue weighted by Crippen LogP contribution is 2.16. The largest absolute Gasteiger partial charge is 0.496 e. The van der Waals surface area contributed by atoms with Gasteiger partial charge < -0.3 is 9.57 Å². The minimum absolute atomic E-state index is 0.263. The van der Waals surface area contributed by atoms with Crippen LogP contribution in [0.15, 0.2) is 54.6 Å². The van der Waals surface area contributed by atoms with Gasteiger partial charge in [0.2, 0.25) is 0 Å². The van der Waals surface area contributed by atoms with Crippen LogP contribution < -0.4 is 10.2 Å². The Labute approximate surface area is 141 Å². The van der Waals surface area contributed by atoms with Crippen LogP contribution in [0.1, 0.15) is 35.2 Å².